The van der Waals surface area contributed by atoms with Crippen LogP contribution in [0.1, 0.15) is 67.2 Å². The molecular weight excluding hydrogens is 272 g/mol. The van der Waals surface area contributed by atoms with Crippen LogP contribution in [0.5, 0.6) is 0 Å². The first kappa shape index (κ1) is 17.0. The second kappa shape index (κ2) is 5.08. The molecule has 2 aliphatic carbocycles. The number of rotatable bonds is 2. The lowest BCUT2D eigenvalue weighted by molar-refractivity contribution is -0.132. The molecule has 1 saturated carbocycles. The predicted octanol–water partition coefficient (Wildman–Crippen LogP) is 5.77. The topological polar surface area (TPSA) is 17.1 Å². The summed E-state index contributed by atoms with van der Waals surface area (Å²) in [7, 11) is -1.55. The van der Waals surface area contributed by atoms with E-state index in [0.29, 0.717) is 22.7 Å². The molecule has 0 spiro atoms. The van der Waals surface area contributed by atoms with Crippen molar-refractivity contribution >= 4 is 13.9 Å². The van der Waals surface area contributed by atoms with Crippen molar-refractivity contribution < 1.29 is 4.79 Å². The molecule has 2 aliphatic rings. The summed E-state index contributed by atoms with van der Waals surface area (Å²) in [4.78, 5) is 12.7. The lowest BCUT2D eigenvalue weighted by Gasteiger charge is -2.45. The first-order valence-corrected chi connectivity index (χ1v) is 11.7. The molecule has 0 aromatic heterocycles. The van der Waals surface area contributed by atoms with Gasteiger partial charge in [-0.15, -0.1) is 0 Å². The Kier molecular flexibility index (Phi) is 4.11. The van der Waals surface area contributed by atoms with Crippen molar-refractivity contribution in [2.45, 2.75) is 85.4 Å². The van der Waals surface area contributed by atoms with E-state index in [1.807, 2.05) is 6.92 Å². The van der Waals surface area contributed by atoms with E-state index in [2.05, 4.69) is 47.7 Å². The number of allylic oxidation sites excluding steroid dienone is 2. The Morgan fingerprint density at radius 3 is 2.24 bits per heavy atom. The highest BCUT2D eigenvalue weighted by Crippen LogP contribution is 2.62. The van der Waals surface area contributed by atoms with Gasteiger partial charge in [0.1, 0.15) is 5.78 Å². The van der Waals surface area contributed by atoms with Crippen molar-refractivity contribution in [2.24, 2.45) is 17.3 Å². The van der Waals surface area contributed by atoms with Crippen LogP contribution >= 0.6 is 0 Å². The molecule has 2 rings (SSSR count). The Labute approximate surface area is 132 Å². The normalized spacial score (nSPS) is 34.1. The Balaban J connectivity index is 2.59. The van der Waals surface area contributed by atoms with Crippen molar-refractivity contribution in [3.8, 4) is 0 Å². The Hall–Kier alpha value is -0.373. The summed E-state index contributed by atoms with van der Waals surface area (Å²) < 4.78 is 0. The van der Waals surface area contributed by atoms with E-state index < -0.39 is 8.07 Å². The molecule has 1 fully saturated rings. The minimum absolute atomic E-state index is 0.0623. The number of carbonyl (C=O) groups excluding carboxylic acids is 1. The van der Waals surface area contributed by atoms with Crippen molar-refractivity contribution in [1.82, 2.24) is 0 Å². The third kappa shape index (κ3) is 2.20. The van der Waals surface area contributed by atoms with Crippen LogP contribution in [0.25, 0.3) is 0 Å². The van der Waals surface area contributed by atoms with E-state index in [-0.39, 0.29) is 5.41 Å². The number of hydrogen-bond acceptors (Lipinski definition) is 1. The minimum Gasteiger partial charge on any atom is -0.299 e. The minimum atomic E-state index is -1.55. The van der Waals surface area contributed by atoms with E-state index in [0.717, 1.165) is 6.42 Å². The van der Waals surface area contributed by atoms with E-state index >= 15 is 0 Å². The summed E-state index contributed by atoms with van der Waals surface area (Å²) in [5.74, 6) is 1.44. The number of fused-ring (bicyclic) bond motifs is 1. The fourth-order valence-corrected chi connectivity index (χ4v) is 8.58. The third-order valence-electron chi connectivity index (χ3n) is 7.31. The fraction of sp³-hybridized carbons (Fsp3) is 0.842. The first-order chi connectivity index (χ1) is 9.48. The van der Waals surface area contributed by atoms with Crippen LogP contribution in [-0.4, -0.2) is 13.9 Å². The van der Waals surface area contributed by atoms with Crippen molar-refractivity contribution in [3.63, 3.8) is 0 Å². The highest BCUT2D eigenvalue weighted by Gasteiger charge is 2.58. The van der Waals surface area contributed by atoms with Crippen LogP contribution in [0, 0.1) is 17.3 Å². The summed E-state index contributed by atoms with van der Waals surface area (Å²) in [5.41, 5.74) is 1.54. The average Bonchev–Trinajstić information content (AvgIpc) is 2.59. The second-order valence-corrected chi connectivity index (χ2v) is 14.4. The lowest BCUT2D eigenvalue weighted by atomic mass is 9.61. The molecule has 2 heteroatoms. The van der Waals surface area contributed by atoms with Gasteiger partial charge in [0.15, 0.2) is 0 Å². The number of carbonyl (C=O) groups is 1. The van der Waals surface area contributed by atoms with Crippen molar-refractivity contribution in [3.05, 3.63) is 10.8 Å². The van der Waals surface area contributed by atoms with Gasteiger partial charge in [-0.3, -0.25) is 4.79 Å². The van der Waals surface area contributed by atoms with Crippen LogP contribution in [0.15, 0.2) is 10.8 Å². The van der Waals surface area contributed by atoms with Crippen molar-refractivity contribution in [1.29, 1.82) is 0 Å². The highest BCUT2D eigenvalue weighted by atomic mass is 28.3. The molecular formula is C19H34OSi. The zero-order valence-corrected chi connectivity index (χ0v) is 16.4. The summed E-state index contributed by atoms with van der Waals surface area (Å²) in [6, 6.07) is 0. The van der Waals surface area contributed by atoms with Crippen molar-refractivity contribution in [2.75, 3.05) is 0 Å². The maximum absolute atomic E-state index is 12.7. The molecule has 0 aliphatic heterocycles. The Bertz CT molecular complexity index is 480. The maximum Gasteiger partial charge on any atom is 0.137 e. The van der Waals surface area contributed by atoms with Gasteiger partial charge in [0, 0.05) is 5.41 Å². The molecule has 21 heavy (non-hydrogen) atoms. The molecule has 0 aromatic rings. The average molecular weight is 307 g/mol. The Morgan fingerprint density at radius 2 is 1.81 bits per heavy atom. The molecule has 0 saturated heterocycles. The van der Waals surface area contributed by atoms with Crippen LogP contribution in [0.2, 0.25) is 18.1 Å². The van der Waals surface area contributed by atoms with Gasteiger partial charge < -0.3 is 0 Å². The van der Waals surface area contributed by atoms with Crippen LogP contribution in [-0.2, 0) is 4.79 Å². The molecule has 0 unspecified atom stereocenters. The fourth-order valence-electron chi connectivity index (χ4n) is 5.27. The number of ketones is 1. The Morgan fingerprint density at radius 1 is 1.24 bits per heavy atom. The standard InChI is InChI=1S/C19H34OSi/c1-13-16-11-9-10-12-19(16,15(3)20)14(2)17(13)21(7,8)18(4,5)6/h14,16H,9-12H2,1-8H3/t14-,16-,19+/m0/s1. The maximum atomic E-state index is 12.7. The number of Topliss-reactive ketones (excluding diaryl/α,β-unsaturated/α-hetero) is 1. The molecule has 0 heterocycles. The SMILES string of the molecule is CC(=O)[C@]12CCCC[C@H]1C(C)=C([Si](C)(C)C(C)(C)C)[C@@H]2C. The quantitative estimate of drug-likeness (QED) is 0.592. The van der Waals surface area contributed by atoms with Gasteiger partial charge >= 0.3 is 0 Å². The van der Waals surface area contributed by atoms with Gasteiger partial charge in [0.25, 0.3) is 0 Å². The van der Waals surface area contributed by atoms with E-state index in [1.54, 1.807) is 10.8 Å². The van der Waals surface area contributed by atoms with E-state index in [9.17, 15) is 4.79 Å². The van der Waals surface area contributed by atoms with E-state index in [4.69, 9.17) is 0 Å². The van der Waals surface area contributed by atoms with Gasteiger partial charge in [0.2, 0.25) is 0 Å². The van der Waals surface area contributed by atoms with Crippen LogP contribution in [0.3, 0.4) is 0 Å². The molecule has 0 aromatic carbocycles. The zero-order valence-electron chi connectivity index (χ0n) is 15.4. The second-order valence-electron chi connectivity index (χ2n) is 9.09. The smallest absolute Gasteiger partial charge is 0.137 e. The third-order valence-corrected chi connectivity index (χ3v) is 13.2. The molecule has 3 atom stereocenters. The van der Waals surface area contributed by atoms with Gasteiger partial charge in [-0.05, 0) is 43.6 Å². The summed E-state index contributed by atoms with van der Waals surface area (Å²) >= 11 is 0. The van der Waals surface area contributed by atoms with Crippen LogP contribution in [0.4, 0.5) is 0 Å². The summed E-state index contributed by atoms with van der Waals surface area (Å²) in [6.45, 7) is 18.8. The van der Waals surface area contributed by atoms with Gasteiger partial charge in [-0.25, -0.2) is 0 Å². The molecule has 120 valence electrons. The molecule has 0 N–H and O–H groups in total. The number of hydrogen-bond donors (Lipinski definition) is 0. The first-order valence-electron chi connectivity index (χ1n) is 8.70. The molecule has 1 nitrogen and oxygen atoms in total. The molecule has 0 bridgehead atoms. The highest BCUT2D eigenvalue weighted by molar-refractivity contribution is 6.87. The van der Waals surface area contributed by atoms with Gasteiger partial charge in [-0.1, -0.05) is 64.4 Å². The summed E-state index contributed by atoms with van der Waals surface area (Å²) in [5, 5.41) is 2.07. The van der Waals surface area contributed by atoms with Gasteiger partial charge in [-0.2, -0.15) is 0 Å². The lowest BCUT2D eigenvalue weighted by Crippen LogP contribution is -2.46. The van der Waals surface area contributed by atoms with Gasteiger partial charge in [0.05, 0.1) is 8.07 Å². The van der Waals surface area contributed by atoms with Crippen LogP contribution < -0.4 is 0 Å². The van der Waals surface area contributed by atoms with E-state index in [1.165, 1.54) is 19.3 Å². The monoisotopic (exact) mass is 306 g/mol. The zero-order chi connectivity index (χ0) is 16.2. The largest absolute Gasteiger partial charge is 0.299 e. The predicted molar refractivity (Wildman–Crippen MR) is 94.1 cm³/mol. The molecule has 0 amide bonds. The summed E-state index contributed by atoms with van der Waals surface area (Å²) in [6.07, 6.45) is 4.88. The molecule has 0 radical (unpaired) electrons.